The van der Waals surface area contributed by atoms with Crippen LogP contribution >= 0.6 is 0 Å². The minimum atomic E-state index is -0.273. The topological polar surface area (TPSA) is 50.1 Å². The van der Waals surface area contributed by atoms with Gasteiger partial charge in [0.25, 0.3) is 0 Å². The third-order valence-corrected chi connectivity index (χ3v) is 2.31. The molecule has 0 saturated carbocycles. The zero-order valence-electron chi connectivity index (χ0n) is 9.36. The minimum Gasteiger partial charge on any atom is -0.469 e. The number of nitriles is 1. The predicted octanol–water partition coefficient (Wildman–Crippen LogP) is 2.44. The van der Waals surface area contributed by atoms with E-state index in [1.54, 1.807) is 12.1 Å². The molecule has 0 fully saturated rings. The number of hydrogen-bond acceptors (Lipinski definition) is 3. The molecular weight excluding hydrogens is 202 g/mol. The molecule has 0 unspecified atom stereocenters. The zero-order valence-corrected chi connectivity index (χ0v) is 9.36. The Morgan fingerprint density at radius 2 is 2.31 bits per heavy atom. The summed E-state index contributed by atoms with van der Waals surface area (Å²) in [6, 6.07) is 7.62. The summed E-state index contributed by atoms with van der Waals surface area (Å²) in [5.74, 6) is -0.273. The van der Waals surface area contributed by atoms with Crippen molar-refractivity contribution < 1.29 is 9.53 Å². The SMILES string of the molecule is COC(=O)CC=Cc1cccc(C#N)c1C. The number of benzene rings is 1. The molecule has 1 aromatic carbocycles. The second-order valence-corrected chi connectivity index (χ2v) is 3.31. The number of rotatable bonds is 3. The molecule has 82 valence electrons. The second-order valence-electron chi connectivity index (χ2n) is 3.31. The molecule has 0 aliphatic rings. The fourth-order valence-corrected chi connectivity index (χ4v) is 1.32. The van der Waals surface area contributed by atoms with Crippen LogP contribution < -0.4 is 0 Å². The second kappa shape index (κ2) is 5.72. The third kappa shape index (κ3) is 2.96. The molecule has 0 saturated heterocycles. The molecule has 0 bridgehead atoms. The highest BCUT2D eigenvalue weighted by atomic mass is 16.5. The molecule has 0 aliphatic heterocycles. The number of methoxy groups -OCH3 is 1. The normalized spacial score (nSPS) is 10.1. The minimum absolute atomic E-state index is 0.243. The van der Waals surface area contributed by atoms with Gasteiger partial charge >= 0.3 is 5.97 Å². The van der Waals surface area contributed by atoms with E-state index in [1.807, 2.05) is 25.1 Å². The van der Waals surface area contributed by atoms with Crippen molar-refractivity contribution in [1.29, 1.82) is 5.26 Å². The average Bonchev–Trinajstić information content (AvgIpc) is 2.31. The maximum absolute atomic E-state index is 10.9. The van der Waals surface area contributed by atoms with E-state index >= 15 is 0 Å². The molecule has 0 spiro atoms. The van der Waals surface area contributed by atoms with Crippen molar-refractivity contribution in [2.45, 2.75) is 13.3 Å². The molecule has 0 N–H and O–H groups in total. The van der Waals surface area contributed by atoms with Crippen molar-refractivity contribution in [3.63, 3.8) is 0 Å². The van der Waals surface area contributed by atoms with Crippen molar-refractivity contribution in [2.75, 3.05) is 7.11 Å². The monoisotopic (exact) mass is 215 g/mol. The Morgan fingerprint density at radius 1 is 1.56 bits per heavy atom. The Kier molecular flexibility index (Phi) is 4.28. The van der Waals surface area contributed by atoms with Gasteiger partial charge in [0.15, 0.2) is 0 Å². The van der Waals surface area contributed by atoms with Crippen molar-refractivity contribution in [1.82, 2.24) is 0 Å². The first kappa shape index (κ1) is 12.0. The molecule has 0 atom stereocenters. The van der Waals surface area contributed by atoms with E-state index in [9.17, 15) is 4.79 Å². The lowest BCUT2D eigenvalue weighted by Gasteiger charge is -2.01. The van der Waals surface area contributed by atoms with Gasteiger partial charge in [-0.05, 0) is 24.1 Å². The summed E-state index contributed by atoms with van der Waals surface area (Å²) in [4.78, 5) is 10.9. The highest BCUT2D eigenvalue weighted by Crippen LogP contribution is 2.14. The summed E-state index contributed by atoms with van der Waals surface area (Å²) in [7, 11) is 1.36. The number of carbonyl (C=O) groups is 1. The molecule has 3 nitrogen and oxygen atoms in total. The standard InChI is InChI=1S/C13H13NO2/c1-10-11(5-3-7-12(10)9-14)6-4-8-13(15)16-2/h3-7H,8H2,1-2H3. The van der Waals surface area contributed by atoms with E-state index in [0.29, 0.717) is 5.56 Å². The first-order valence-electron chi connectivity index (χ1n) is 4.92. The first-order valence-corrected chi connectivity index (χ1v) is 4.92. The van der Waals surface area contributed by atoms with Crippen LogP contribution in [-0.4, -0.2) is 13.1 Å². The van der Waals surface area contributed by atoms with Crippen LogP contribution in [0.2, 0.25) is 0 Å². The lowest BCUT2D eigenvalue weighted by molar-refractivity contribution is -0.139. The summed E-state index contributed by atoms with van der Waals surface area (Å²) in [5, 5.41) is 8.85. The van der Waals surface area contributed by atoms with Gasteiger partial charge in [0.05, 0.1) is 25.2 Å². The van der Waals surface area contributed by atoms with Crippen molar-refractivity contribution >= 4 is 12.0 Å². The summed E-state index contributed by atoms with van der Waals surface area (Å²) in [5.41, 5.74) is 2.52. The number of esters is 1. The molecule has 3 heteroatoms. The van der Waals surface area contributed by atoms with Crippen molar-refractivity contribution in [2.24, 2.45) is 0 Å². The quantitative estimate of drug-likeness (QED) is 0.727. The number of carbonyl (C=O) groups excluding carboxylic acids is 1. The van der Waals surface area contributed by atoms with Crippen LogP contribution in [0.4, 0.5) is 0 Å². The van der Waals surface area contributed by atoms with Crippen LogP contribution in [0, 0.1) is 18.3 Å². The van der Waals surface area contributed by atoms with Crippen molar-refractivity contribution in [3.05, 3.63) is 41.0 Å². The molecule has 1 rings (SSSR count). The number of ether oxygens (including phenoxy) is 1. The highest BCUT2D eigenvalue weighted by molar-refractivity contribution is 5.72. The van der Waals surface area contributed by atoms with E-state index in [1.165, 1.54) is 7.11 Å². The molecule has 0 radical (unpaired) electrons. The van der Waals surface area contributed by atoms with Gasteiger partial charge in [-0.25, -0.2) is 0 Å². The Morgan fingerprint density at radius 3 is 2.94 bits per heavy atom. The fraction of sp³-hybridized carbons (Fsp3) is 0.231. The molecule has 16 heavy (non-hydrogen) atoms. The summed E-state index contributed by atoms with van der Waals surface area (Å²) in [6.45, 7) is 1.89. The van der Waals surface area contributed by atoms with Crippen LogP contribution in [-0.2, 0) is 9.53 Å². The molecule has 1 aromatic rings. The van der Waals surface area contributed by atoms with Gasteiger partial charge in [-0.1, -0.05) is 24.3 Å². The van der Waals surface area contributed by atoms with Gasteiger partial charge in [0.2, 0.25) is 0 Å². The Labute approximate surface area is 95.0 Å². The third-order valence-electron chi connectivity index (χ3n) is 2.31. The average molecular weight is 215 g/mol. The van der Waals surface area contributed by atoms with Gasteiger partial charge < -0.3 is 4.74 Å². The maximum Gasteiger partial charge on any atom is 0.309 e. The van der Waals surface area contributed by atoms with E-state index in [4.69, 9.17) is 5.26 Å². The largest absolute Gasteiger partial charge is 0.469 e. The zero-order chi connectivity index (χ0) is 12.0. The van der Waals surface area contributed by atoms with Crippen LogP contribution in [0.25, 0.3) is 6.08 Å². The Bertz CT molecular complexity index is 455. The van der Waals surface area contributed by atoms with E-state index in [-0.39, 0.29) is 12.4 Å². The van der Waals surface area contributed by atoms with Gasteiger partial charge in [-0.2, -0.15) is 5.26 Å². The Balaban J connectivity index is 2.82. The van der Waals surface area contributed by atoms with Gasteiger partial charge in [0.1, 0.15) is 0 Å². The lowest BCUT2D eigenvalue weighted by atomic mass is 10.0. The van der Waals surface area contributed by atoms with Gasteiger partial charge in [0, 0.05) is 0 Å². The molecule has 0 amide bonds. The summed E-state index contributed by atoms with van der Waals surface area (Å²) < 4.78 is 4.52. The number of nitrogens with zero attached hydrogens (tertiary/aromatic N) is 1. The van der Waals surface area contributed by atoms with Crippen LogP contribution in [0.15, 0.2) is 24.3 Å². The summed E-state index contributed by atoms with van der Waals surface area (Å²) >= 11 is 0. The first-order chi connectivity index (χ1) is 7.69. The van der Waals surface area contributed by atoms with Crippen LogP contribution in [0.3, 0.4) is 0 Å². The van der Waals surface area contributed by atoms with E-state index < -0.39 is 0 Å². The maximum atomic E-state index is 10.9. The molecule has 0 heterocycles. The van der Waals surface area contributed by atoms with Gasteiger partial charge in [-0.3, -0.25) is 4.79 Å². The van der Waals surface area contributed by atoms with Crippen molar-refractivity contribution in [3.8, 4) is 6.07 Å². The smallest absolute Gasteiger partial charge is 0.309 e. The Hall–Kier alpha value is -2.08. The number of hydrogen-bond donors (Lipinski definition) is 0. The van der Waals surface area contributed by atoms with Crippen LogP contribution in [0.5, 0.6) is 0 Å². The molecule has 0 aliphatic carbocycles. The van der Waals surface area contributed by atoms with E-state index in [2.05, 4.69) is 10.8 Å². The molecular formula is C13H13NO2. The van der Waals surface area contributed by atoms with Crippen LogP contribution in [0.1, 0.15) is 23.1 Å². The van der Waals surface area contributed by atoms with Gasteiger partial charge in [-0.15, -0.1) is 0 Å². The lowest BCUT2D eigenvalue weighted by Crippen LogP contribution is -1.96. The van der Waals surface area contributed by atoms with E-state index in [0.717, 1.165) is 11.1 Å². The predicted molar refractivity (Wildman–Crippen MR) is 61.6 cm³/mol. The molecule has 0 aromatic heterocycles. The highest BCUT2D eigenvalue weighted by Gasteiger charge is 2.00. The fourth-order valence-electron chi connectivity index (χ4n) is 1.32. The summed E-state index contributed by atoms with van der Waals surface area (Å²) in [6.07, 6.45) is 3.80.